The van der Waals surface area contributed by atoms with E-state index in [1.54, 1.807) is 48.8 Å². The van der Waals surface area contributed by atoms with E-state index in [0.717, 1.165) is 85.3 Å². The van der Waals surface area contributed by atoms with Gasteiger partial charge in [-0.1, -0.05) is 195 Å². The van der Waals surface area contributed by atoms with Gasteiger partial charge in [0.25, 0.3) is 0 Å². The van der Waals surface area contributed by atoms with Crippen LogP contribution in [0, 0.1) is 95.5 Å². The third kappa shape index (κ3) is 28.3. The maximum Gasteiger partial charge on any atom is 0.0355 e. The van der Waals surface area contributed by atoms with Crippen molar-refractivity contribution in [2.24, 2.45) is 11.8 Å². The number of hydrogen-bond donors (Lipinski definition) is 0. The minimum atomic E-state index is -2.18. The van der Waals surface area contributed by atoms with Crippen LogP contribution in [0.4, 0.5) is 0 Å². The van der Waals surface area contributed by atoms with Crippen molar-refractivity contribution in [3.8, 4) is 123 Å². The summed E-state index contributed by atoms with van der Waals surface area (Å²) in [6.45, 7) is -8.65. The van der Waals surface area contributed by atoms with Gasteiger partial charge in [-0.05, 0) is 196 Å². The molecule has 3 atom stereocenters. The van der Waals surface area contributed by atoms with Crippen LogP contribution in [0.15, 0.2) is 395 Å². The number of hydrogen-bond acceptors (Lipinski definition) is 7. The third-order valence-corrected chi connectivity index (χ3v) is 20.2. The van der Waals surface area contributed by atoms with Crippen molar-refractivity contribution in [1.29, 1.82) is 0 Å². The van der Waals surface area contributed by atoms with Crippen LogP contribution in [0.5, 0.6) is 0 Å². The van der Waals surface area contributed by atoms with Crippen molar-refractivity contribution in [3.05, 3.63) is 477 Å². The van der Waals surface area contributed by atoms with Crippen molar-refractivity contribution in [2.75, 3.05) is 0 Å². The predicted octanol–water partition coefficient (Wildman–Crippen LogP) is 28.3. The molecule has 2 aliphatic carbocycles. The summed E-state index contributed by atoms with van der Waals surface area (Å²) in [7, 11) is 0. The number of nitrogens with zero attached hydrogens (tertiary/aromatic N) is 7. The Morgan fingerprint density at radius 3 is 0.904 bits per heavy atom. The van der Waals surface area contributed by atoms with Gasteiger partial charge in [0, 0.05) is 146 Å². The zero-order valence-electron chi connectivity index (χ0n) is 84.0. The number of pyridine rings is 7. The van der Waals surface area contributed by atoms with Gasteiger partial charge in [0.15, 0.2) is 0 Å². The Morgan fingerprint density at radius 2 is 0.584 bits per heavy atom. The Labute approximate surface area is 815 Å². The van der Waals surface area contributed by atoms with Crippen molar-refractivity contribution in [1.82, 2.24) is 34.9 Å². The maximum absolute atomic E-state index is 9.02. The SMILES string of the molecule is Cc1ccc(-c2ccnc(-c3[c-]cccc3)c2)cc1.[2H]C([2H])([2H])c1c[c-]c(-c2ccc(C([2H])([2H])[2H])cn2)cc1.[2H]C([2H])([2H])c1c[c-]c(-c2ccc(C([2H])([2H])[2H])cn2)cc1.[2H]C([2H])([2H])c1ccc(-c2ccnc(-c3[c-]cccc3)c2)cc1.[2H]C1(c2ccc(-c3ccnc(-c4[c-]cccc4)c3)cc2)CC2CCC1C2.[Ir].[Ir].[Ir].[Ir].[c-]1ccccc1-c1cc(-c2ccccc2)ccn1.[c-]1ccccc1-c1ccccn1. The molecule has 11 heteroatoms. The van der Waals surface area contributed by atoms with Crippen LogP contribution in [-0.4, -0.2) is 34.9 Å². The van der Waals surface area contributed by atoms with Crippen molar-refractivity contribution in [3.63, 3.8) is 0 Å². The molecule has 2 bridgehead atoms. The Morgan fingerprint density at radius 1 is 0.256 bits per heavy atom. The monoisotopic (exact) mass is 2350 g/mol. The quantitative estimate of drug-likeness (QED) is 0.113. The molecule has 7 aromatic heterocycles. The maximum atomic E-state index is 9.02. The predicted molar refractivity (Wildman–Crippen MR) is 498 cm³/mol. The zero-order chi connectivity index (χ0) is 96.6. The van der Waals surface area contributed by atoms with Gasteiger partial charge in [-0.2, -0.15) is 0 Å². The fourth-order valence-electron chi connectivity index (χ4n) is 13.9. The molecular weight excluding hydrogens is 2240 g/mol. The van der Waals surface area contributed by atoms with E-state index in [4.69, 9.17) is 21.9 Å². The van der Waals surface area contributed by atoms with Gasteiger partial charge in [0.1, 0.15) is 0 Å². The second-order valence-corrected chi connectivity index (χ2v) is 28.7. The molecule has 0 saturated heterocycles. The van der Waals surface area contributed by atoms with E-state index in [0.29, 0.717) is 34.0 Å². The molecule has 11 aromatic carbocycles. The smallest absolute Gasteiger partial charge is 0.0355 e. The van der Waals surface area contributed by atoms with Gasteiger partial charge in [-0.15, -0.1) is 250 Å². The minimum Gasteiger partial charge on any atom is -0.305 e. The summed E-state index contributed by atoms with van der Waals surface area (Å²) in [5.74, 6) is 0.977. The molecule has 2 fully saturated rings. The van der Waals surface area contributed by atoms with Crippen LogP contribution in [0.1, 0.15) is 92.5 Å². The van der Waals surface area contributed by atoms with Gasteiger partial charge in [-0.25, -0.2) is 0 Å². The minimum absolute atomic E-state index is 0. The Hall–Kier alpha value is -11.9. The van der Waals surface area contributed by atoms with Crippen LogP contribution in [0.3, 0.4) is 0 Å². The summed E-state index contributed by atoms with van der Waals surface area (Å²) in [6, 6.07) is 133. The Balaban J connectivity index is 0.000000170. The Bertz CT molecular complexity index is 6520. The van der Waals surface area contributed by atoms with Gasteiger partial charge in [0.2, 0.25) is 0 Å². The standard InChI is InChI=1S/C24H22N.2C18H14N.C17H12N.2C13H12N.C11H8N.4Ir/c1-2-4-20(5-3-1)24-16-21(12-13-25-24)18-8-10-19(11-9-18)23-15-17-6-7-22(23)14-17;2*1-14-7-9-15(10-8-14)17-11-12-19-18(13-17)16-5-3-2-4-6-16;1-3-7-14(8-4-1)16-11-12-18-17(13-16)15-9-5-2-6-10-15;2*1-10-3-6-12(7-4-10)13-8-5-11(2)9-14-13;1-2-6-10(7-3-1)11-8-4-5-9-12-11;;;;/h1-4,8-13,16-17,22-23H,6-7,14-15H2;2*2-5,7-13H,1H3;1-9,11-13H;2*3-6,8-9H,1-2H3;1-6,8-9H;;;;/q7*-1;;;;/i23D;1D3;;;2*1D3,2D3;;;;;. The fourth-order valence-corrected chi connectivity index (χ4v) is 13.9. The van der Waals surface area contributed by atoms with Crippen molar-refractivity contribution in [2.45, 2.75) is 72.8 Å². The normalized spacial score (nSPS) is 15.7. The summed E-state index contributed by atoms with van der Waals surface area (Å²) in [5.41, 5.74) is 24.7. The molecule has 4 radical (unpaired) electrons. The summed E-state index contributed by atoms with van der Waals surface area (Å²) >= 11 is 0. The summed E-state index contributed by atoms with van der Waals surface area (Å²) < 4.78 is 119. The largest absolute Gasteiger partial charge is 0.305 e. The molecule has 7 heterocycles. The third-order valence-electron chi connectivity index (χ3n) is 20.2. The van der Waals surface area contributed by atoms with Gasteiger partial charge < -0.3 is 34.9 Å². The van der Waals surface area contributed by atoms with E-state index in [9.17, 15) is 0 Å². The molecule has 0 aliphatic heterocycles. The average Bonchev–Trinajstić information content (AvgIpc) is 1.60. The number of rotatable bonds is 12. The topological polar surface area (TPSA) is 90.2 Å². The average molecular weight is 2350 g/mol. The van der Waals surface area contributed by atoms with E-state index in [2.05, 4.69) is 169 Å². The van der Waals surface area contributed by atoms with Crippen LogP contribution < -0.4 is 0 Å². The molecule has 0 spiro atoms. The second-order valence-electron chi connectivity index (χ2n) is 28.7. The van der Waals surface area contributed by atoms with Crippen LogP contribution in [-0.2, 0) is 80.4 Å². The number of aromatic nitrogens is 7. The summed E-state index contributed by atoms with van der Waals surface area (Å²) in [5, 5.41) is 0. The van der Waals surface area contributed by atoms with Crippen molar-refractivity contribution >= 4 is 0 Å². The first-order valence-corrected chi connectivity index (χ1v) is 39.8. The second kappa shape index (κ2) is 49.5. The van der Waals surface area contributed by atoms with Gasteiger partial charge in [-0.3, -0.25) is 0 Å². The molecule has 125 heavy (non-hydrogen) atoms. The van der Waals surface area contributed by atoms with Crippen LogP contribution in [0.2, 0.25) is 0 Å². The van der Waals surface area contributed by atoms with E-state index in [1.165, 1.54) is 107 Å². The molecule has 2 aliphatic rings. The molecule has 0 amide bonds. The van der Waals surface area contributed by atoms with E-state index in [-0.39, 0.29) is 109 Å². The molecular formula is C114H94Ir4N7-7. The molecule has 2 saturated carbocycles. The number of aryl methyl sites for hydroxylation is 6. The van der Waals surface area contributed by atoms with Crippen LogP contribution in [0.25, 0.3) is 123 Å². The first kappa shape index (κ1) is 74.5. The molecule has 628 valence electrons. The first-order valence-electron chi connectivity index (χ1n) is 47.8. The molecule has 3 unspecified atom stereocenters. The van der Waals surface area contributed by atoms with E-state index >= 15 is 0 Å². The van der Waals surface area contributed by atoms with Gasteiger partial charge >= 0.3 is 0 Å². The summed E-state index contributed by atoms with van der Waals surface area (Å²) in [6.07, 6.45) is 16.6. The molecule has 7 nitrogen and oxygen atoms in total. The van der Waals surface area contributed by atoms with Crippen molar-refractivity contribution < 1.29 is 102 Å². The van der Waals surface area contributed by atoms with E-state index in [1.807, 2.05) is 213 Å². The molecule has 20 rings (SSSR count). The van der Waals surface area contributed by atoms with E-state index < -0.39 is 34.3 Å². The zero-order valence-corrected chi connectivity index (χ0v) is 77.6. The van der Waals surface area contributed by atoms with Gasteiger partial charge in [0.05, 0.1) is 0 Å². The Kier molecular flexibility index (Phi) is 29.5. The first-order chi connectivity index (χ1) is 65.8. The fraction of sp³-hybridized carbons (Fsp3) is 0.114. The number of benzene rings is 11. The van der Waals surface area contributed by atoms with Crippen LogP contribution >= 0.6 is 0 Å². The molecule has 18 aromatic rings. The molecule has 0 N–H and O–H groups in total. The number of fused-ring (bicyclic) bond motifs is 2. The summed E-state index contributed by atoms with van der Waals surface area (Å²) in [4.78, 5) is 30.1.